The maximum absolute atomic E-state index is 14.3. The first kappa shape index (κ1) is 22.5. The number of nitrogens with zero attached hydrogens (tertiary/aromatic N) is 3. The molecule has 1 atom stereocenters. The molecule has 2 N–H and O–H groups in total. The van der Waals surface area contributed by atoms with Gasteiger partial charge < -0.3 is 24.8 Å². The second-order valence-electron chi connectivity index (χ2n) is 8.26. The van der Waals surface area contributed by atoms with Crippen LogP contribution in [0.5, 0.6) is 11.5 Å². The van der Waals surface area contributed by atoms with Crippen molar-refractivity contribution in [1.82, 2.24) is 19.9 Å². The molecule has 0 aliphatic carbocycles. The first-order chi connectivity index (χ1) is 15.7. The van der Waals surface area contributed by atoms with Crippen molar-refractivity contribution in [3.8, 4) is 11.5 Å². The molecular formula is C24H28FN5O3. The molecule has 0 fully saturated rings. The van der Waals surface area contributed by atoms with E-state index in [1.165, 1.54) is 12.1 Å². The molecular weight excluding hydrogens is 425 g/mol. The van der Waals surface area contributed by atoms with Crippen LogP contribution in [0.3, 0.4) is 0 Å². The second kappa shape index (κ2) is 8.67. The lowest BCUT2D eigenvalue weighted by molar-refractivity contribution is 0.0159. The highest BCUT2D eigenvalue weighted by atomic mass is 19.1. The summed E-state index contributed by atoms with van der Waals surface area (Å²) in [5.41, 5.74) is 5.46. The minimum absolute atomic E-state index is 0.308. The Morgan fingerprint density at radius 1 is 1.36 bits per heavy atom. The third-order valence-electron chi connectivity index (χ3n) is 5.16. The summed E-state index contributed by atoms with van der Waals surface area (Å²) in [6.07, 6.45) is 3.56. The fourth-order valence-electron chi connectivity index (χ4n) is 3.89. The molecule has 8 nitrogen and oxygen atoms in total. The number of nitrogens with one attached hydrogen (secondary N) is 2. The molecule has 174 valence electrons. The number of fused-ring (bicyclic) bond motifs is 1. The zero-order chi connectivity index (χ0) is 23.8. The zero-order valence-electron chi connectivity index (χ0n) is 19.6. The lowest BCUT2D eigenvalue weighted by Gasteiger charge is -2.31. The topological polar surface area (TPSA) is 81.9 Å². The van der Waals surface area contributed by atoms with Crippen LogP contribution in [0.2, 0.25) is 0 Å². The van der Waals surface area contributed by atoms with E-state index in [0.29, 0.717) is 40.9 Å². The third kappa shape index (κ3) is 4.59. The number of hydrogen-bond acceptors (Lipinski definition) is 7. The van der Waals surface area contributed by atoms with Gasteiger partial charge in [-0.1, -0.05) is 5.73 Å². The molecule has 2 aromatic heterocycles. The van der Waals surface area contributed by atoms with Crippen molar-refractivity contribution in [3.63, 3.8) is 0 Å². The average Bonchev–Trinajstić information content (AvgIpc) is 3.15. The Kier molecular flexibility index (Phi) is 5.91. The van der Waals surface area contributed by atoms with E-state index in [4.69, 9.17) is 19.2 Å². The highest BCUT2D eigenvalue weighted by molar-refractivity contribution is 5.75. The van der Waals surface area contributed by atoms with Gasteiger partial charge in [-0.2, -0.15) is 5.10 Å². The molecule has 0 radical (unpaired) electrons. The average molecular weight is 454 g/mol. The third-order valence-corrected chi connectivity index (χ3v) is 5.16. The summed E-state index contributed by atoms with van der Waals surface area (Å²) >= 11 is 0. The maximum Gasteiger partial charge on any atom is 0.175 e. The summed E-state index contributed by atoms with van der Waals surface area (Å²) in [5, 5.41) is 11.1. The van der Waals surface area contributed by atoms with E-state index in [2.05, 4.69) is 21.5 Å². The van der Waals surface area contributed by atoms with E-state index in [9.17, 15) is 4.39 Å². The van der Waals surface area contributed by atoms with Gasteiger partial charge in [0.1, 0.15) is 17.4 Å². The molecule has 0 saturated carbocycles. The Hall–Kier alpha value is -3.71. The Morgan fingerprint density at radius 3 is 2.85 bits per heavy atom. The number of ether oxygens (including phenoxy) is 3. The van der Waals surface area contributed by atoms with Crippen molar-refractivity contribution < 1.29 is 18.6 Å². The summed E-state index contributed by atoms with van der Waals surface area (Å²) in [6, 6.07) is 4.27. The maximum atomic E-state index is 14.3. The molecule has 0 unspecified atom stereocenters. The smallest absolute Gasteiger partial charge is 0.175 e. The van der Waals surface area contributed by atoms with Crippen LogP contribution in [0.25, 0.3) is 11.3 Å². The van der Waals surface area contributed by atoms with Gasteiger partial charge in [-0.15, -0.1) is 0 Å². The van der Waals surface area contributed by atoms with E-state index < -0.39 is 11.5 Å². The molecule has 0 spiro atoms. The van der Waals surface area contributed by atoms with Gasteiger partial charge in [0, 0.05) is 24.8 Å². The van der Waals surface area contributed by atoms with Crippen molar-refractivity contribution in [1.29, 1.82) is 0 Å². The number of benzene rings is 1. The van der Waals surface area contributed by atoms with E-state index in [0.717, 1.165) is 11.3 Å². The Labute approximate surface area is 192 Å². The standard InChI is InChI=1S/C24H28FN5O3/c1-7-32-20-12-16(25)11-17(22(20)31-6)15(3)27-21-8-9-30-23(28-21)18(13-26-30)19-10-14(2)33-24(4,5)29-19/h8-9,11-13,15,29H,7H2,1-6H3,(H,27,28)/t15-/m1/s1. The number of anilines is 1. The van der Waals surface area contributed by atoms with Gasteiger partial charge >= 0.3 is 0 Å². The first-order valence-electron chi connectivity index (χ1n) is 10.8. The van der Waals surface area contributed by atoms with Crippen LogP contribution in [-0.4, -0.2) is 34.0 Å². The molecule has 1 aromatic carbocycles. The predicted octanol–water partition coefficient (Wildman–Crippen LogP) is 4.65. The number of methoxy groups -OCH3 is 1. The molecule has 1 aliphatic rings. The molecule has 0 bridgehead atoms. The van der Waals surface area contributed by atoms with E-state index >= 15 is 0 Å². The van der Waals surface area contributed by atoms with Gasteiger partial charge in [0.05, 0.1) is 37.2 Å². The minimum atomic E-state index is -0.574. The number of allylic oxidation sites excluding steroid dienone is 1. The second-order valence-corrected chi connectivity index (χ2v) is 8.26. The van der Waals surface area contributed by atoms with Crippen molar-refractivity contribution in [3.05, 3.63) is 59.0 Å². The molecule has 0 amide bonds. The quantitative estimate of drug-likeness (QED) is 0.504. The zero-order valence-corrected chi connectivity index (χ0v) is 19.6. The number of hydrogen-bond donors (Lipinski definition) is 2. The van der Waals surface area contributed by atoms with Crippen LogP contribution in [-0.2, 0) is 4.74 Å². The summed E-state index contributed by atoms with van der Waals surface area (Å²) in [6.45, 7) is 9.89. The predicted molar refractivity (Wildman–Crippen MR) is 124 cm³/mol. The SMILES string of the molecule is CCOc1cc(F)cc([C@@H](C)Nc2ccn3ncc(C4=C=C(C)OC(C)(C)N4)c3n2)c1OC. The van der Waals surface area contributed by atoms with Gasteiger partial charge in [0.15, 0.2) is 22.9 Å². The van der Waals surface area contributed by atoms with Gasteiger partial charge in [-0.3, -0.25) is 0 Å². The van der Waals surface area contributed by atoms with Crippen molar-refractivity contribution >= 4 is 17.2 Å². The van der Waals surface area contributed by atoms with Crippen LogP contribution in [0.1, 0.15) is 51.8 Å². The van der Waals surface area contributed by atoms with E-state index in [1.54, 1.807) is 17.8 Å². The lowest BCUT2D eigenvalue weighted by Crippen LogP contribution is -2.41. The monoisotopic (exact) mass is 453 g/mol. The molecule has 33 heavy (non-hydrogen) atoms. The van der Waals surface area contributed by atoms with Crippen LogP contribution in [0, 0.1) is 5.82 Å². The molecule has 4 rings (SSSR count). The Morgan fingerprint density at radius 2 is 2.15 bits per heavy atom. The summed E-state index contributed by atoms with van der Waals surface area (Å²) < 4.78 is 32.8. The van der Waals surface area contributed by atoms with Crippen molar-refractivity contribution in [2.75, 3.05) is 19.0 Å². The lowest BCUT2D eigenvalue weighted by atomic mass is 10.1. The normalized spacial score (nSPS) is 15.7. The summed E-state index contributed by atoms with van der Waals surface area (Å²) in [5.74, 6) is 1.75. The number of rotatable bonds is 7. The molecule has 3 aromatic rings. The minimum Gasteiger partial charge on any atom is -0.492 e. The van der Waals surface area contributed by atoms with Gasteiger partial charge in [-0.05, 0) is 39.8 Å². The van der Waals surface area contributed by atoms with Crippen LogP contribution >= 0.6 is 0 Å². The van der Waals surface area contributed by atoms with E-state index in [-0.39, 0.29) is 6.04 Å². The Bertz CT molecular complexity index is 1260. The number of halogens is 1. The largest absolute Gasteiger partial charge is 0.492 e. The first-order valence-corrected chi connectivity index (χ1v) is 10.8. The van der Waals surface area contributed by atoms with Crippen LogP contribution < -0.4 is 20.1 Å². The summed E-state index contributed by atoms with van der Waals surface area (Å²) in [7, 11) is 1.54. The molecule has 9 heteroatoms. The fraction of sp³-hybridized carbons (Fsp3) is 0.375. The fourth-order valence-corrected chi connectivity index (χ4v) is 3.89. The van der Waals surface area contributed by atoms with Crippen LogP contribution in [0.15, 0.2) is 42.1 Å². The highest BCUT2D eigenvalue weighted by Gasteiger charge is 2.26. The number of aromatic nitrogens is 3. The van der Waals surface area contributed by atoms with Crippen molar-refractivity contribution in [2.24, 2.45) is 0 Å². The van der Waals surface area contributed by atoms with Crippen LogP contribution in [0.4, 0.5) is 10.2 Å². The Balaban J connectivity index is 1.69. The van der Waals surface area contributed by atoms with Gasteiger partial charge in [-0.25, -0.2) is 13.9 Å². The summed E-state index contributed by atoms with van der Waals surface area (Å²) in [4.78, 5) is 4.76. The van der Waals surface area contributed by atoms with Gasteiger partial charge in [0.2, 0.25) is 0 Å². The van der Waals surface area contributed by atoms with Crippen molar-refractivity contribution in [2.45, 2.75) is 46.4 Å². The molecule has 3 heterocycles. The molecule has 0 saturated heterocycles. The molecule has 1 aliphatic heterocycles. The van der Waals surface area contributed by atoms with E-state index in [1.807, 2.05) is 46.9 Å². The van der Waals surface area contributed by atoms with Gasteiger partial charge in [0.25, 0.3) is 0 Å². The highest BCUT2D eigenvalue weighted by Crippen LogP contribution is 2.37.